The van der Waals surface area contributed by atoms with Gasteiger partial charge < -0.3 is 14.4 Å². The first-order chi connectivity index (χ1) is 22.9. The van der Waals surface area contributed by atoms with Crippen LogP contribution in [0.3, 0.4) is 0 Å². The molecule has 2 atom stereocenters. The lowest BCUT2D eigenvalue weighted by molar-refractivity contribution is -0.128. The number of carbonyl (C=O) groups excluding carboxylic acids is 2. The van der Waals surface area contributed by atoms with E-state index in [2.05, 4.69) is 32.0 Å². The summed E-state index contributed by atoms with van der Waals surface area (Å²) in [5.41, 5.74) is 1.38. The van der Waals surface area contributed by atoms with Crippen LogP contribution >= 0.6 is 0 Å². The Morgan fingerprint density at radius 2 is 1.74 bits per heavy atom. The van der Waals surface area contributed by atoms with E-state index in [0.717, 1.165) is 67.3 Å². The molecule has 0 radical (unpaired) electrons. The number of H-pyrrole nitrogens is 2. The van der Waals surface area contributed by atoms with Gasteiger partial charge in [0.2, 0.25) is 0 Å². The van der Waals surface area contributed by atoms with E-state index in [1.807, 2.05) is 48.5 Å². The molecule has 248 valence electrons. The van der Waals surface area contributed by atoms with Gasteiger partial charge in [-0.3, -0.25) is 19.9 Å². The number of likely N-dealkylation sites (tertiary alicyclic amines) is 3. The predicted molar refractivity (Wildman–Crippen MR) is 177 cm³/mol. The Balaban J connectivity index is 1.15. The van der Waals surface area contributed by atoms with Crippen molar-refractivity contribution in [3.8, 4) is 11.4 Å². The van der Waals surface area contributed by atoms with E-state index < -0.39 is 11.8 Å². The minimum absolute atomic E-state index is 0.106. The molecule has 12 heteroatoms. The van der Waals surface area contributed by atoms with Crippen LogP contribution in [0, 0.1) is 11.8 Å². The van der Waals surface area contributed by atoms with Gasteiger partial charge in [0.05, 0.1) is 17.8 Å². The molecule has 0 spiro atoms. The summed E-state index contributed by atoms with van der Waals surface area (Å²) in [6.07, 6.45) is 7.74. The number of nitrogens with one attached hydrogen (secondary N) is 2. The van der Waals surface area contributed by atoms with Crippen molar-refractivity contribution in [1.29, 1.82) is 0 Å². The molecule has 47 heavy (non-hydrogen) atoms. The molecule has 5 heterocycles. The fourth-order valence-corrected chi connectivity index (χ4v) is 8.20. The molecule has 0 unspecified atom stereocenters. The maximum atomic E-state index is 14.0. The summed E-state index contributed by atoms with van der Waals surface area (Å²) >= 11 is 0. The summed E-state index contributed by atoms with van der Waals surface area (Å²) in [5.74, 6) is 1.85. The molecule has 3 aliphatic rings. The lowest BCUT2D eigenvalue weighted by Gasteiger charge is -2.55. The molecule has 3 aliphatic heterocycles. The average molecular weight is 641 g/mol. The molecule has 2 aromatic heterocycles. The number of aromatic amines is 2. The Morgan fingerprint density at radius 3 is 2.49 bits per heavy atom. The number of nitrogens with zero attached hydrogens (tertiary/aromatic N) is 6. The molecular weight excluding hydrogens is 596 g/mol. The highest BCUT2D eigenvalue weighted by Gasteiger charge is 2.51. The zero-order valence-corrected chi connectivity index (χ0v) is 27.0. The highest BCUT2D eigenvalue weighted by atomic mass is 16.6. The normalized spacial score (nSPS) is 23.7. The third-order valence-corrected chi connectivity index (χ3v) is 10.8. The molecule has 0 saturated carbocycles. The van der Waals surface area contributed by atoms with Gasteiger partial charge in [0.25, 0.3) is 0 Å². The molecular formula is C35H44N8O4. The first kappa shape index (κ1) is 31.3. The van der Waals surface area contributed by atoms with Gasteiger partial charge in [-0.2, -0.15) is 5.10 Å². The SMILES string of the molecule is CN1CCC(C2CCN([C@]3(CC=O)C[C@H](n4nc(-c5ccccc5)[nH]c4=O)CCN3C(=O)OCc3ccc4[nH]ncc4c3)CC2)CC1. The summed E-state index contributed by atoms with van der Waals surface area (Å²) in [4.78, 5) is 49.2. The van der Waals surface area contributed by atoms with Crippen LogP contribution in [0.1, 0.15) is 56.6 Å². The summed E-state index contributed by atoms with van der Waals surface area (Å²) < 4.78 is 7.48. The Labute approximate surface area is 274 Å². The molecule has 2 N–H and O–H groups in total. The van der Waals surface area contributed by atoms with Crippen LogP contribution < -0.4 is 5.69 Å². The van der Waals surface area contributed by atoms with Gasteiger partial charge in [-0.05, 0) is 81.8 Å². The standard InChI is InChI=1S/C35H44N8O4/c1-40-15-9-26(10-16-40)27-11-17-41(18-12-27)35(14-20-44)22-30(43-33(45)37-32(39-43)28-5-3-2-4-6-28)13-19-42(35)34(46)47-24-25-7-8-31-29(21-25)23-36-38-31/h2-8,20-21,23,26-27,30H,9-19,22,24H2,1H3,(H,36,38)(H,37,39,45)/t30-,35+/m1/s1. The summed E-state index contributed by atoms with van der Waals surface area (Å²) in [6.45, 7) is 4.28. The number of piperidine rings is 3. The van der Waals surface area contributed by atoms with Crippen LogP contribution in [0.4, 0.5) is 4.79 Å². The van der Waals surface area contributed by atoms with Crippen LogP contribution in [0.5, 0.6) is 0 Å². The predicted octanol–water partition coefficient (Wildman–Crippen LogP) is 4.43. The molecule has 0 aliphatic carbocycles. The zero-order valence-electron chi connectivity index (χ0n) is 27.0. The maximum Gasteiger partial charge on any atom is 0.411 e. The average Bonchev–Trinajstić information content (AvgIpc) is 3.74. The van der Waals surface area contributed by atoms with Gasteiger partial charge in [-0.1, -0.05) is 36.4 Å². The second kappa shape index (κ2) is 13.4. The lowest BCUT2D eigenvalue weighted by atomic mass is 9.77. The fraction of sp³-hybridized carbons (Fsp3) is 0.514. The minimum atomic E-state index is -0.931. The number of carbonyl (C=O) groups is 2. The Morgan fingerprint density at radius 1 is 1.00 bits per heavy atom. The monoisotopic (exact) mass is 640 g/mol. The molecule has 0 bridgehead atoms. The number of aromatic nitrogens is 5. The van der Waals surface area contributed by atoms with E-state index in [1.165, 1.54) is 17.5 Å². The van der Waals surface area contributed by atoms with Gasteiger partial charge >= 0.3 is 11.8 Å². The zero-order chi connectivity index (χ0) is 32.4. The summed E-state index contributed by atoms with van der Waals surface area (Å²) in [5, 5.41) is 12.7. The van der Waals surface area contributed by atoms with Gasteiger partial charge in [0.15, 0.2) is 5.82 Å². The number of amides is 1. The summed E-state index contributed by atoms with van der Waals surface area (Å²) in [7, 11) is 2.19. The van der Waals surface area contributed by atoms with Crippen LogP contribution in [0.25, 0.3) is 22.3 Å². The van der Waals surface area contributed by atoms with Crippen molar-refractivity contribution in [2.75, 3.05) is 39.8 Å². The molecule has 4 aromatic rings. The lowest BCUT2D eigenvalue weighted by Crippen LogP contribution is -2.67. The maximum absolute atomic E-state index is 14.0. The Hall–Kier alpha value is -4.29. The minimum Gasteiger partial charge on any atom is -0.445 e. The topological polar surface area (TPSA) is 132 Å². The van der Waals surface area contributed by atoms with Gasteiger partial charge in [-0.25, -0.2) is 14.3 Å². The first-order valence-corrected chi connectivity index (χ1v) is 16.9. The van der Waals surface area contributed by atoms with Gasteiger partial charge in [0, 0.05) is 43.4 Å². The third-order valence-electron chi connectivity index (χ3n) is 10.8. The van der Waals surface area contributed by atoms with Crippen molar-refractivity contribution in [3.05, 3.63) is 70.8 Å². The highest BCUT2D eigenvalue weighted by Crippen LogP contribution is 2.43. The van der Waals surface area contributed by atoms with Crippen LogP contribution in [-0.2, 0) is 16.1 Å². The second-order valence-corrected chi connectivity index (χ2v) is 13.6. The van der Waals surface area contributed by atoms with Gasteiger partial charge in [-0.15, -0.1) is 5.10 Å². The number of benzene rings is 2. The van der Waals surface area contributed by atoms with E-state index in [4.69, 9.17) is 9.84 Å². The van der Waals surface area contributed by atoms with E-state index >= 15 is 0 Å². The largest absolute Gasteiger partial charge is 0.445 e. The van der Waals surface area contributed by atoms with Crippen LogP contribution in [-0.4, -0.2) is 97.5 Å². The van der Waals surface area contributed by atoms with Crippen molar-refractivity contribution >= 4 is 23.3 Å². The molecule has 1 amide bonds. The molecule has 2 aromatic carbocycles. The highest BCUT2D eigenvalue weighted by molar-refractivity contribution is 5.78. The van der Waals surface area contributed by atoms with Crippen molar-refractivity contribution in [2.24, 2.45) is 11.8 Å². The molecule has 7 rings (SSSR count). The number of ether oxygens (including phenoxy) is 1. The Bertz CT molecular complexity index is 1730. The van der Waals surface area contributed by atoms with Crippen molar-refractivity contribution in [3.63, 3.8) is 0 Å². The van der Waals surface area contributed by atoms with Crippen molar-refractivity contribution in [1.82, 2.24) is 39.7 Å². The van der Waals surface area contributed by atoms with Gasteiger partial charge in [0.1, 0.15) is 18.6 Å². The second-order valence-electron chi connectivity index (χ2n) is 13.6. The van der Waals surface area contributed by atoms with Crippen molar-refractivity contribution in [2.45, 2.75) is 63.3 Å². The molecule has 3 saturated heterocycles. The molecule has 12 nitrogen and oxygen atoms in total. The first-order valence-electron chi connectivity index (χ1n) is 16.9. The molecule has 3 fully saturated rings. The van der Waals surface area contributed by atoms with E-state index in [9.17, 15) is 14.4 Å². The fourth-order valence-electron chi connectivity index (χ4n) is 8.20. The number of aldehydes is 1. The van der Waals surface area contributed by atoms with E-state index in [-0.39, 0.29) is 24.8 Å². The van der Waals surface area contributed by atoms with E-state index in [0.29, 0.717) is 37.0 Å². The number of rotatable bonds is 8. The quantitative estimate of drug-likeness (QED) is 0.271. The number of fused-ring (bicyclic) bond motifs is 1. The van der Waals surface area contributed by atoms with E-state index in [1.54, 1.807) is 11.1 Å². The Kier molecular flexibility index (Phi) is 8.96. The summed E-state index contributed by atoms with van der Waals surface area (Å²) in [6, 6.07) is 15.1. The smallest absolute Gasteiger partial charge is 0.411 e. The number of hydrogen-bond acceptors (Lipinski definition) is 8. The van der Waals surface area contributed by atoms with Crippen LogP contribution in [0.2, 0.25) is 0 Å². The third kappa shape index (κ3) is 6.36. The number of hydrogen-bond donors (Lipinski definition) is 2. The van der Waals surface area contributed by atoms with Crippen LogP contribution in [0.15, 0.2) is 59.5 Å². The van der Waals surface area contributed by atoms with Crippen molar-refractivity contribution < 1.29 is 14.3 Å².